The third-order valence-corrected chi connectivity index (χ3v) is 26.3. The zero-order chi connectivity index (χ0) is 107. The highest BCUT2D eigenvalue weighted by Crippen LogP contribution is 2.48. The lowest BCUT2D eigenvalue weighted by Gasteiger charge is -2.52. The molecule has 11 aliphatic heterocycles. The summed E-state index contributed by atoms with van der Waals surface area (Å²) in [6, 6.07) is -3.58. The van der Waals surface area contributed by atoms with Gasteiger partial charge in [-0.05, 0) is 0 Å². The Balaban J connectivity index is 0.781. The minimum atomic E-state index is -5.87. The lowest BCUT2D eigenvalue weighted by atomic mass is 9.89. The van der Waals surface area contributed by atoms with Gasteiger partial charge in [0.25, 0.3) is 23.1 Å². The zero-order valence-corrected chi connectivity index (χ0v) is 75.5. The van der Waals surface area contributed by atoms with E-state index in [1.165, 1.54) is 0 Å². The maximum Gasteiger partial charge on any atom is 0.470 e. The first-order chi connectivity index (χ1) is 67.0. The quantitative estimate of drug-likeness (QED) is 0.0253. The molecule has 0 saturated carbocycles. The van der Waals surface area contributed by atoms with Gasteiger partial charge in [-0.3, -0.25) is 9.05 Å². The number of aliphatic hydroxyl groups is 27. The number of hydrogen-bond acceptors (Lipinski definition) is 60. The third kappa shape index (κ3) is 26.0. The SMILES string of the molecule is N[C@@H]1[C@@H](O)[C@H](O)[C@@H](CO[C@@H]2O[C@H](CO[C@]3(C(=O)O)C[C@@H](O[C@]4(C(=O)O)C[C@@H](O)[C@@H](O)[C@@H]([C@H](O)CO)O4)[C@@H](O[C@H]4O[C@H](COP(=O)(O)O)[C@@H](O[C@@H]5O[C@H](CO[C@H]6O[C@H](CO[C@H]7O[C@H](CO[C@]8(C(=O)O)C[C@@H](O[C@@H]9O[C@H](CO[C@]%10(C(=O)O)C[C@@H](O)[C@@H](O)[C@@H](C(=O)O)O%10)[C@@H](O)[C@H](O)[C@H]9O)[C@@H](O)[C@@H](C(=O)O)O8)[C@@H](O)[C@H](O)[C@H]7O)[C@@H](O)[C@H](O)[C@H]6O)[C@@H](O)[C@H](O)[C@H]5O)[C@H](O)[C@H]4O)[C@@H]([C@H](O)CO)O3)[C@@H](OP(=O)(O)O)[C@H](O)[C@H]2N)O[C@@H]1O. The fraction of sp³-hybridized carbons (Fsp3) is 0.917. The lowest BCUT2D eigenvalue weighted by Crippen LogP contribution is -2.70. The molecule has 41 N–H and O–H groups in total. The van der Waals surface area contributed by atoms with E-state index in [1.807, 2.05) is 0 Å². The molecule has 0 amide bonds. The molecule has 11 rings (SSSR count). The number of carboxylic acid groups (broad SMARTS) is 6. The average molecular weight is 2160 g/mol. The first-order valence-corrected chi connectivity index (χ1v) is 46.4. The van der Waals surface area contributed by atoms with Crippen molar-refractivity contribution in [2.45, 2.75) is 349 Å². The van der Waals surface area contributed by atoms with Gasteiger partial charge in [0.2, 0.25) is 0 Å². The summed E-state index contributed by atoms with van der Waals surface area (Å²) in [6.45, 7) is -12.3. The summed E-state index contributed by atoms with van der Waals surface area (Å²) >= 11 is 0. The fourth-order valence-corrected chi connectivity index (χ4v) is 18.1. The number of phosphoric ester groups is 2. The summed E-state index contributed by atoms with van der Waals surface area (Å²) in [5.74, 6) is -27.3. The van der Waals surface area contributed by atoms with Crippen LogP contribution < -0.4 is 11.5 Å². The van der Waals surface area contributed by atoms with Crippen molar-refractivity contribution in [2.24, 2.45) is 11.5 Å². The molecule has 0 aromatic heterocycles. The molecule has 70 nitrogen and oxygen atoms in total. The normalized spacial score (nSPS) is 47.9. The summed E-state index contributed by atoms with van der Waals surface area (Å²) in [4.78, 5) is 118. The number of carboxylic acids is 6. The van der Waals surface area contributed by atoms with Gasteiger partial charge < -0.3 is 299 Å². The minimum Gasteiger partial charge on any atom is -0.479 e. The number of nitrogens with two attached hydrogens (primary N) is 2. The Morgan fingerprint density at radius 2 is 0.667 bits per heavy atom. The van der Waals surface area contributed by atoms with Crippen LogP contribution in [0.25, 0.3) is 0 Å². The molecule has 11 heterocycles. The molecule has 144 heavy (non-hydrogen) atoms. The molecule has 11 fully saturated rings. The predicted molar refractivity (Wildman–Crippen MR) is 422 cm³/mol. The second-order valence-corrected chi connectivity index (χ2v) is 37.6. The Hall–Kier alpha value is -4.96. The third-order valence-electron chi connectivity index (χ3n) is 25.3. The molecule has 72 heteroatoms. The average Bonchev–Trinajstić information content (AvgIpc) is 0.735. The number of phosphoric acid groups is 2. The minimum absolute atomic E-state index is 0.956. The number of hydrogen-bond donors (Lipinski definition) is 39. The number of ether oxygens (including phenoxy) is 21. The van der Waals surface area contributed by atoms with Gasteiger partial charge in [0.15, 0.2) is 56.2 Å². The highest BCUT2D eigenvalue weighted by molar-refractivity contribution is 7.46. The summed E-state index contributed by atoms with van der Waals surface area (Å²) in [7, 11) is -11.7. The molecule has 0 aromatic carbocycles. The van der Waals surface area contributed by atoms with Gasteiger partial charge >= 0.3 is 51.5 Å². The van der Waals surface area contributed by atoms with Gasteiger partial charge in [0.05, 0.1) is 96.0 Å². The molecule has 53 atom stereocenters. The zero-order valence-electron chi connectivity index (χ0n) is 73.7. The van der Waals surface area contributed by atoms with Crippen LogP contribution in [0.1, 0.15) is 25.7 Å². The van der Waals surface area contributed by atoms with E-state index < -0.39 is 460 Å². The van der Waals surface area contributed by atoms with Gasteiger partial charge in [0, 0.05) is 25.7 Å². The maximum absolute atomic E-state index is 14.0. The molecular weight excluding hydrogens is 2040 g/mol. The van der Waals surface area contributed by atoms with E-state index in [2.05, 4.69) is 4.52 Å². The van der Waals surface area contributed by atoms with E-state index in [0.717, 1.165) is 0 Å². The summed E-state index contributed by atoms with van der Waals surface area (Å²) in [5, 5.41) is 360. The van der Waals surface area contributed by atoms with Crippen LogP contribution in [0, 0.1) is 0 Å². The van der Waals surface area contributed by atoms with Crippen molar-refractivity contribution in [3.8, 4) is 0 Å². The molecule has 0 unspecified atom stereocenters. The summed E-state index contributed by atoms with van der Waals surface area (Å²) < 4.78 is 152. The van der Waals surface area contributed by atoms with E-state index in [4.69, 9.17) is 115 Å². The lowest BCUT2D eigenvalue weighted by molar-refractivity contribution is -0.404. The van der Waals surface area contributed by atoms with Gasteiger partial charge in [-0.25, -0.2) is 37.9 Å². The maximum atomic E-state index is 14.0. The topological polar surface area (TPSA) is 1150 Å². The van der Waals surface area contributed by atoms with E-state index >= 15 is 0 Å². The van der Waals surface area contributed by atoms with Crippen LogP contribution in [0.15, 0.2) is 0 Å². The van der Waals surface area contributed by atoms with E-state index in [-0.39, 0.29) is 0 Å². The monoisotopic (exact) mass is 2160 g/mol. The predicted octanol–water partition coefficient (Wildman–Crippen LogP) is -24.0. The smallest absolute Gasteiger partial charge is 0.470 e. The Morgan fingerprint density at radius 1 is 0.319 bits per heavy atom. The molecule has 0 aliphatic carbocycles. The number of rotatable bonds is 41. The largest absolute Gasteiger partial charge is 0.479 e. The summed E-state index contributed by atoms with van der Waals surface area (Å²) in [6.07, 6.45) is -118. The van der Waals surface area contributed by atoms with E-state index in [0.29, 0.717) is 0 Å². The van der Waals surface area contributed by atoms with Gasteiger partial charge in [-0.1, -0.05) is 0 Å². The highest BCUT2D eigenvalue weighted by Gasteiger charge is 2.67. The van der Waals surface area contributed by atoms with E-state index in [1.54, 1.807) is 0 Å². The first kappa shape index (κ1) is 119. The number of aliphatic carboxylic acids is 6. The first-order valence-electron chi connectivity index (χ1n) is 43.3. The highest BCUT2D eigenvalue weighted by atomic mass is 31.2. The molecule has 0 radical (unpaired) electrons. The van der Waals surface area contributed by atoms with Crippen LogP contribution in [0.2, 0.25) is 0 Å². The van der Waals surface area contributed by atoms with Crippen molar-refractivity contribution < 1.29 is 335 Å². The van der Waals surface area contributed by atoms with Crippen LogP contribution in [0.5, 0.6) is 0 Å². The number of aliphatic hydroxyl groups excluding tert-OH is 27. The Morgan fingerprint density at radius 3 is 1.12 bits per heavy atom. The van der Waals surface area contributed by atoms with Crippen LogP contribution in [-0.2, 0) is 146 Å². The molecular formula is C72H116N2O68P2. The molecule has 11 saturated heterocycles. The van der Waals surface area contributed by atoms with Crippen molar-refractivity contribution in [3.63, 3.8) is 0 Å². The van der Waals surface area contributed by atoms with Crippen LogP contribution in [0.4, 0.5) is 0 Å². The van der Waals surface area contributed by atoms with Crippen molar-refractivity contribution in [2.75, 3.05) is 59.5 Å². The number of carbonyl (C=O) groups is 6. The van der Waals surface area contributed by atoms with E-state index in [9.17, 15) is 226 Å². The molecule has 0 spiro atoms. The van der Waals surface area contributed by atoms with Crippen molar-refractivity contribution in [1.29, 1.82) is 0 Å². The molecule has 0 bridgehead atoms. The standard InChI is InChI=1S/C72H116N2O68P2/c73-27-37(89)31(83)20(127-58(27)105)7-120-59-28(74)38(90)52(142-144(117,118)119)25(133-59)12-125-71(67(110)111)4-19(137-72(68(112)113)2-15(78)29(81)49(138-72)16(79)5-75)53(50(139-71)17(80)6-76)136-64-48(100)43(95)51(26(134-64)13-126-143(114,115)116)135-63-47(99)41(93)33(85)22(131-63)9-122-60-44(96)39(91)32(84)21(129-60)8-121-61-45(97)40(92)34(86)23(130-61)10-124-70(66(108)109)3-18(36(88)55(141-70)57(103)104)128-62-46(98)42(94)35(87)24(132-62)11-123-69(65(106)107)1-14(77)30(82)54(140-69)56(101)102/h14-55,58-64,75-100,105H,1-13,73-74H2,(H,101,102)(H,103,104)(H,106,107)(H,108,109)(H,110,111)(H,112,113)(H2,114,115,116)(H2,117,118,119)/t14-,15-,16-,17-,18-,19-,20-,21-,22-,23-,24-,25-,26-,27-,28-,29-,30-,31-,32-,33-,34-,35-,36-,37-,38-,39+,40+,41+,42+,43-,44-,45-,46-,47-,48-,49-,50-,51-,52-,53-,54+,55+,58+,59-,60+,61+,62-,63+,64-,69-,70-,71-,72-/m1/s1. The second-order valence-electron chi connectivity index (χ2n) is 35.2. The second kappa shape index (κ2) is 48.1. The molecule has 0 aromatic rings. The Labute approximate surface area is 803 Å². The van der Waals surface area contributed by atoms with Gasteiger partial charge in [-0.2, -0.15) is 0 Å². The molecule has 832 valence electrons. The fourth-order valence-electron chi connectivity index (χ4n) is 17.2. The van der Waals surface area contributed by atoms with Gasteiger partial charge in [0.1, 0.15) is 208 Å². The van der Waals surface area contributed by atoms with Crippen LogP contribution >= 0.6 is 15.6 Å². The van der Waals surface area contributed by atoms with Crippen LogP contribution in [0.3, 0.4) is 0 Å². The Kier molecular flexibility index (Phi) is 39.9. The van der Waals surface area contributed by atoms with Crippen molar-refractivity contribution in [3.05, 3.63) is 0 Å². The van der Waals surface area contributed by atoms with Crippen molar-refractivity contribution in [1.82, 2.24) is 0 Å². The van der Waals surface area contributed by atoms with Crippen molar-refractivity contribution >= 4 is 51.5 Å². The summed E-state index contributed by atoms with van der Waals surface area (Å²) in [5.41, 5.74) is 11.8. The Bertz CT molecular complexity index is 4350. The molecule has 11 aliphatic rings. The van der Waals surface area contributed by atoms with Crippen LogP contribution in [-0.4, -0.2) is 607 Å². The van der Waals surface area contributed by atoms with Gasteiger partial charge in [-0.15, -0.1) is 0 Å².